The predicted molar refractivity (Wildman–Crippen MR) is 91.4 cm³/mol. The van der Waals surface area contributed by atoms with Gasteiger partial charge in [0, 0.05) is 11.4 Å². The molecule has 0 radical (unpaired) electrons. The van der Waals surface area contributed by atoms with E-state index < -0.39 is 42.7 Å². The number of alkyl halides is 3. The Morgan fingerprint density at radius 3 is 2.62 bits per heavy atom. The summed E-state index contributed by atoms with van der Waals surface area (Å²) in [5.74, 6) is -1.32. The largest absolute Gasteiger partial charge is 0.410 e. The number of amides is 2. The molecule has 1 aromatic carbocycles. The zero-order valence-corrected chi connectivity index (χ0v) is 15.0. The van der Waals surface area contributed by atoms with Crippen LogP contribution in [-0.2, 0) is 9.59 Å². The van der Waals surface area contributed by atoms with Gasteiger partial charge in [-0.15, -0.1) is 0 Å². The molecule has 0 bridgehead atoms. The molecular weight excluding hydrogens is 371 g/mol. The van der Waals surface area contributed by atoms with Gasteiger partial charge in [0.25, 0.3) is 0 Å². The Kier molecular flexibility index (Phi) is 6.52. The summed E-state index contributed by atoms with van der Waals surface area (Å²) in [5, 5.41) is 2.44. The van der Waals surface area contributed by atoms with Crippen molar-refractivity contribution in [3.05, 3.63) is 34.9 Å². The average molecular weight is 392 g/mol. The Labute approximate surface area is 154 Å². The van der Waals surface area contributed by atoms with Gasteiger partial charge >= 0.3 is 6.18 Å². The molecule has 1 saturated heterocycles. The van der Waals surface area contributed by atoms with Crippen LogP contribution in [0.1, 0.15) is 37.8 Å². The summed E-state index contributed by atoms with van der Waals surface area (Å²) in [6.07, 6.45) is -4.35. The standard InChI is InChI=1S/C17H21ClF3N3O2/c1-2-14(25)23-16(17(19,20)21)13-7-6-12(24(13)15(26)9-22)10-4-3-5-11(18)8-10/h3-5,8,12-13,16H,2,6-7,9,22H2,1H3,(H,23,25). The summed E-state index contributed by atoms with van der Waals surface area (Å²) in [4.78, 5) is 25.1. The third kappa shape index (κ3) is 4.48. The number of nitrogens with zero attached hydrogens (tertiary/aromatic N) is 1. The fourth-order valence-electron chi connectivity index (χ4n) is 3.34. The van der Waals surface area contributed by atoms with Gasteiger partial charge in [-0.3, -0.25) is 9.59 Å². The number of carbonyl (C=O) groups excluding carboxylic acids is 2. The van der Waals surface area contributed by atoms with Gasteiger partial charge in [0.1, 0.15) is 6.04 Å². The first-order valence-corrected chi connectivity index (χ1v) is 8.69. The molecule has 3 N–H and O–H groups in total. The van der Waals surface area contributed by atoms with Crippen molar-refractivity contribution in [2.45, 2.75) is 50.5 Å². The minimum atomic E-state index is -4.69. The molecule has 3 unspecified atom stereocenters. The minimum Gasteiger partial charge on any atom is -0.343 e. The maximum Gasteiger partial charge on any atom is 0.410 e. The predicted octanol–water partition coefficient (Wildman–Crippen LogP) is 2.79. The summed E-state index contributed by atoms with van der Waals surface area (Å²) < 4.78 is 40.8. The molecule has 9 heteroatoms. The topological polar surface area (TPSA) is 75.4 Å². The van der Waals surface area contributed by atoms with E-state index in [2.05, 4.69) is 0 Å². The summed E-state index contributed by atoms with van der Waals surface area (Å²) in [6, 6.07) is 2.72. The molecule has 3 atom stereocenters. The van der Waals surface area contributed by atoms with Gasteiger partial charge in [0.2, 0.25) is 11.8 Å². The molecule has 0 aliphatic carbocycles. The minimum absolute atomic E-state index is 0.0815. The fraction of sp³-hybridized carbons (Fsp3) is 0.529. The number of nitrogens with one attached hydrogen (secondary N) is 1. The van der Waals surface area contributed by atoms with E-state index in [1.165, 1.54) is 6.92 Å². The van der Waals surface area contributed by atoms with Crippen LogP contribution in [0, 0.1) is 0 Å². The van der Waals surface area contributed by atoms with E-state index in [4.69, 9.17) is 17.3 Å². The molecule has 1 fully saturated rings. The van der Waals surface area contributed by atoms with Crippen molar-refractivity contribution in [1.82, 2.24) is 10.2 Å². The van der Waals surface area contributed by atoms with Crippen LogP contribution >= 0.6 is 11.6 Å². The monoisotopic (exact) mass is 391 g/mol. The molecule has 1 aliphatic rings. The number of hydrogen-bond acceptors (Lipinski definition) is 3. The van der Waals surface area contributed by atoms with Gasteiger partial charge in [-0.05, 0) is 30.5 Å². The molecule has 26 heavy (non-hydrogen) atoms. The van der Waals surface area contributed by atoms with E-state index in [-0.39, 0.29) is 12.8 Å². The molecule has 144 valence electrons. The second-order valence-electron chi connectivity index (χ2n) is 6.16. The van der Waals surface area contributed by atoms with Gasteiger partial charge in [-0.1, -0.05) is 30.7 Å². The Balaban J connectivity index is 2.39. The molecule has 0 aromatic heterocycles. The quantitative estimate of drug-likeness (QED) is 0.810. The smallest absolute Gasteiger partial charge is 0.343 e. The lowest BCUT2D eigenvalue weighted by Gasteiger charge is -2.36. The van der Waals surface area contributed by atoms with Gasteiger partial charge < -0.3 is 16.0 Å². The summed E-state index contributed by atoms with van der Waals surface area (Å²) in [6.45, 7) is 1.05. The number of likely N-dealkylation sites (tertiary alicyclic amines) is 1. The molecule has 0 saturated carbocycles. The Bertz CT molecular complexity index is 669. The first-order valence-electron chi connectivity index (χ1n) is 8.31. The van der Waals surface area contributed by atoms with Crippen LogP contribution in [0.5, 0.6) is 0 Å². The molecule has 2 rings (SSSR count). The van der Waals surface area contributed by atoms with E-state index in [1.807, 2.05) is 5.32 Å². The van der Waals surface area contributed by atoms with Crippen molar-refractivity contribution in [1.29, 1.82) is 0 Å². The second kappa shape index (κ2) is 8.26. The lowest BCUT2D eigenvalue weighted by atomic mass is 10.0. The molecule has 1 aliphatic heterocycles. The number of benzene rings is 1. The normalized spacial score (nSPS) is 21.5. The average Bonchev–Trinajstić information content (AvgIpc) is 3.02. The third-order valence-electron chi connectivity index (χ3n) is 4.50. The van der Waals surface area contributed by atoms with Crippen molar-refractivity contribution in [3.8, 4) is 0 Å². The summed E-state index contributed by atoms with van der Waals surface area (Å²) in [7, 11) is 0. The van der Waals surface area contributed by atoms with Crippen molar-refractivity contribution in [3.63, 3.8) is 0 Å². The summed E-state index contributed by atoms with van der Waals surface area (Å²) in [5.41, 5.74) is 6.08. The maximum atomic E-state index is 13.6. The van der Waals surface area contributed by atoms with Gasteiger partial charge in [-0.2, -0.15) is 13.2 Å². The zero-order chi connectivity index (χ0) is 19.5. The Morgan fingerprint density at radius 2 is 2.08 bits per heavy atom. The number of carbonyl (C=O) groups is 2. The molecule has 0 spiro atoms. The lowest BCUT2D eigenvalue weighted by Crippen LogP contribution is -2.58. The van der Waals surface area contributed by atoms with E-state index in [0.29, 0.717) is 17.0 Å². The number of nitrogens with two attached hydrogens (primary N) is 1. The van der Waals surface area contributed by atoms with Crippen molar-refractivity contribution in [2.24, 2.45) is 5.73 Å². The maximum absolute atomic E-state index is 13.6. The highest BCUT2D eigenvalue weighted by Gasteiger charge is 2.52. The van der Waals surface area contributed by atoms with Crippen molar-refractivity contribution < 1.29 is 22.8 Å². The van der Waals surface area contributed by atoms with Crippen molar-refractivity contribution >= 4 is 23.4 Å². The second-order valence-corrected chi connectivity index (χ2v) is 6.60. The Hall–Kier alpha value is -1.80. The van der Waals surface area contributed by atoms with Crippen LogP contribution in [0.3, 0.4) is 0 Å². The molecule has 2 amide bonds. The summed E-state index contributed by atoms with van der Waals surface area (Å²) >= 11 is 5.98. The fourth-order valence-corrected chi connectivity index (χ4v) is 3.54. The van der Waals surface area contributed by atoms with Crippen LogP contribution in [0.25, 0.3) is 0 Å². The van der Waals surface area contributed by atoms with E-state index in [0.717, 1.165) is 4.90 Å². The highest BCUT2D eigenvalue weighted by Crippen LogP contribution is 2.41. The van der Waals surface area contributed by atoms with E-state index in [1.54, 1.807) is 24.3 Å². The van der Waals surface area contributed by atoms with Crippen LogP contribution in [0.4, 0.5) is 13.2 Å². The van der Waals surface area contributed by atoms with Crippen LogP contribution in [0.2, 0.25) is 5.02 Å². The number of hydrogen-bond donors (Lipinski definition) is 2. The van der Waals surface area contributed by atoms with Crippen LogP contribution < -0.4 is 11.1 Å². The highest BCUT2D eigenvalue weighted by molar-refractivity contribution is 6.30. The molecular formula is C17H21ClF3N3O2. The van der Waals surface area contributed by atoms with Gasteiger partial charge in [-0.25, -0.2) is 0 Å². The van der Waals surface area contributed by atoms with Gasteiger partial charge in [0.05, 0.1) is 18.6 Å². The van der Waals surface area contributed by atoms with Crippen molar-refractivity contribution in [2.75, 3.05) is 6.54 Å². The van der Waals surface area contributed by atoms with Crippen LogP contribution in [-0.4, -0.2) is 41.5 Å². The molecule has 5 nitrogen and oxygen atoms in total. The SMILES string of the molecule is CCC(=O)NC(C1CCC(c2cccc(Cl)c2)N1C(=O)CN)C(F)(F)F. The first-order chi connectivity index (χ1) is 12.2. The Morgan fingerprint density at radius 1 is 1.38 bits per heavy atom. The highest BCUT2D eigenvalue weighted by atomic mass is 35.5. The van der Waals surface area contributed by atoms with E-state index >= 15 is 0 Å². The number of halogens is 4. The first kappa shape index (κ1) is 20.5. The van der Waals surface area contributed by atoms with E-state index in [9.17, 15) is 22.8 Å². The number of rotatable bonds is 5. The third-order valence-corrected chi connectivity index (χ3v) is 4.74. The van der Waals surface area contributed by atoms with Gasteiger partial charge in [0.15, 0.2) is 0 Å². The zero-order valence-electron chi connectivity index (χ0n) is 14.2. The molecule has 1 aromatic rings. The molecule has 1 heterocycles. The lowest BCUT2D eigenvalue weighted by molar-refractivity contribution is -0.176. The van der Waals surface area contributed by atoms with Crippen LogP contribution in [0.15, 0.2) is 24.3 Å².